The molecule has 0 fully saturated rings. The van der Waals surface area contributed by atoms with E-state index in [1.165, 1.54) is 29.2 Å². The molecule has 0 aromatic heterocycles. The molecule has 0 aliphatic rings. The fourth-order valence-electron chi connectivity index (χ4n) is 2.02. The Balaban J connectivity index is 2.24. The third-order valence-electron chi connectivity index (χ3n) is 3.31. The summed E-state index contributed by atoms with van der Waals surface area (Å²) in [6, 6.07) is 13.7. The van der Waals surface area contributed by atoms with Crippen molar-refractivity contribution in [2.45, 2.75) is 6.10 Å². The quantitative estimate of drug-likeness (QED) is 0.478. The molecule has 0 aliphatic heterocycles. The number of nitrogens with zero attached hydrogens (tertiary/aromatic N) is 2. The molecule has 124 valence electrons. The topological polar surface area (TPSA) is 89.8 Å². The Hall–Kier alpha value is -3.22. The molecule has 0 aliphatic carbocycles. The molecule has 2 rings (SSSR count). The summed E-state index contributed by atoms with van der Waals surface area (Å²) in [5.74, 6) is -1.11. The molecule has 0 bridgehead atoms. The van der Waals surface area contributed by atoms with Crippen molar-refractivity contribution in [1.82, 2.24) is 4.90 Å². The summed E-state index contributed by atoms with van der Waals surface area (Å²) in [5.41, 5.74) is 0.551. The maximum absolute atomic E-state index is 12.3. The highest BCUT2D eigenvalue weighted by Crippen LogP contribution is 2.22. The van der Waals surface area contributed by atoms with Gasteiger partial charge in [-0.05, 0) is 12.1 Å². The normalized spacial score (nSPS) is 11.4. The van der Waals surface area contributed by atoms with Gasteiger partial charge in [0.1, 0.15) is 0 Å². The zero-order valence-electron chi connectivity index (χ0n) is 13.2. The molecule has 24 heavy (non-hydrogen) atoms. The van der Waals surface area contributed by atoms with Crippen LogP contribution in [0, 0.1) is 10.1 Å². The van der Waals surface area contributed by atoms with Crippen LogP contribution in [-0.4, -0.2) is 35.8 Å². The van der Waals surface area contributed by atoms with Gasteiger partial charge in [0, 0.05) is 31.8 Å². The lowest BCUT2D eigenvalue weighted by molar-refractivity contribution is -0.384. The highest BCUT2D eigenvalue weighted by molar-refractivity contribution is 5.92. The summed E-state index contributed by atoms with van der Waals surface area (Å²) < 4.78 is 5.35. The summed E-state index contributed by atoms with van der Waals surface area (Å²) in [6.45, 7) is 0. The first-order valence-corrected chi connectivity index (χ1v) is 7.11. The van der Waals surface area contributed by atoms with Gasteiger partial charge in [-0.3, -0.25) is 14.9 Å². The third-order valence-corrected chi connectivity index (χ3v) is 3.31. The number of nitro benzene ring substituents is 1. The Morgan fingerprint density at radius 2 is 1.62 bits per heavy atom. The first kappa shape index (κ1) is 17.1. The van der Waals surface area contributed by atoms with Gasteiger partial charge in [-0.15, -0.1) is 0 Å². The third kappa shape index (κ3) is 3.95. The Morgan fingerprint density at radius 3 is 2.12 bits per heavy atom. The van der Waals surface area contributed by atoms with Crippen molar-refractivity contribution < 1.29 is 19.2 Å². The van der Waals surface area contributed by atoms with E-state index in [2.05, 4.69) is 0 Å². The largest absolute Gasteiger partial charge is 0.444 e. The zero-order valence-corrected chi connectivity index (χ0v) is 13.2. The number of amides is 1. The van der Waals surface area contributed by atoms with Gasteiger partial charge >= 0.3 is 5.97 Å². The van der Waals surface area contributed by atoms with Gasteiger partial charge in [-0.25, -0.2) is 4.79 Å². The minimum atomic E-state index is -1.08. The first-order valence-electron chi connectivity index (χ1n) is 7.11. The van der Waals surface area contributed by atoms with E-state index in [0.29, 0.717) is 5.56 Å². The smallest absolute Gasteiger partial charge is 0.339 e. The minimum Gasteiger partial charge on any atom is -0.444 e. The predicted molar refractivity (Wildman–Crippen MR) is 86.4 cm³/mol. The van der Waals surface area contributed by atoms with Crippen LogP contribution in [0.5, 0.6) is 0 Å². The SMILES string of the molecule is CN(C)C(=O)[C@@H](OC(=O)c1ccc([N+](=O)[O-])cc1)c1ccccc1. The lowest BCUT2D eigenvalue weighted by Gasteiger charge is -2.21. The number of ether oxygens (including phenoxy) is 1. The van der Waals surface area contributed by atoms with Crippen LogP contribution < -0.4 is 0 Å². The number of rotatable bonds is 5. The van der Waals surface area contributed by atoms with Crippen molar-refractivity contribution in [3.8, 4) is 0 Å². The molecule has 0 unspecified atom stereocenters. The molecule has 0 heterocycles. The van der Waals surface area contributed by atoms with Crippen LogP contribution in [0.4, 0.5) is 5.69 Å². The van der Waals surface area contributed by atoms with Crippen molar-refractivity contribution in [3.63, 3.8) is 0 Å². The van der Waals surface area contributed by atoms with Crippen molar-refractivity contribution in [2.75, 3.05) is 14.1 Å². The highest BCUT2D eigenvalue weighted by atomic mass is 16.6. The summed E-state index contributed by atoms with van der Waals surface area (Å²) in [6.07, 6.45) is -1.08. The predicted octanol–water partition coefficient (Wildman–Crippen LogP) is 2.58. The van der Waals surface area contributed by atoms with Crippen LogP contribution in [0.3, 0.4) is 0 Å². The number of hydrogen-bond donors (Lipinski definition) is 0. The zero-order chi connectivity index (χ0) is 17.7. The summed E-state index contributed by atoms with van der Waals surface area (Å²) in [7, 11) is 3.13. The summed E-state index contributed by atoms with van der Waals surface area (Å²) >= 11 is 0. The molecule has 2 aromatic carbocycles. The van der Waals surface area contributed by atoms with Crippen LogP contribution in [0.15, 0.2) is 54.6 Å². The van der Waals surface area contributed by atoms with Gasteiger partial charge in [0.15, 0.2) is 0 Å². The maximum atomic E-state index is 12.3. The van der Waals surface area contributed by atoms with E-state index >= 15 is 0 Å². The molecule has 1 amide bonds. The molecule has 2 aromatic rings. The van der Waals surface area contributed by atoms with E-state index in [4.69, 9.17) is 4.74 Å². The van der Waals surface area contributed by atoms with Crippen molar-refractivity contribution >= 4 is 17.6 Å². The number of non-ortho nitro benzene ring substituents is 1. The molecule has 0 saturated carbocycles. The number of nitro groups is 1. The standard InChI is InChI=1S/C17H16N2O5/c1-18(2)16(20)15(12-6-4-3-5-7-12)24-17(21)13-8-10-14(11-9-13)19(22)23/h3-11,15H,1-2H3/t15-/m0/s1. The van der Waals surface area contributed by atoms with E-state index in [1.807, 2.05) is 0 Å². The Bertz CT molecular complexity index is 741. The maximum Gasteiger partial charge on any atom is 0.339 e. The van der Waals surface area contributed by atoms with Crippen LogP contribution in [0.2, 0.25) is 0 Å². The second kappa shape index (κ2) is 7.36. The number of carbonyl (C=O) groups is 2. The number of likely N-dealkylation sites (N-methyl/N-ethyl adjacent to an activating group) is 1. The number of esters is 1. The van der Waals surface area contributed by atoms with E-state index in [-0.39, 0.29) is 17.2 Å². The van der Waals surface area contributed by atoms with E-state index < -0.39 is 17.0 Å². The van der Waals surface area contributed by atoms with Gasteiger partial charge < -0.3 is 9.64 Å². The minimum absolute atomic E-state index is 0.129. The van der Waals surface area contributed by atoms with Crippen molar-refractivity contribution in [2.24, 2.45) is 0 Å². The Kier molecular flexibility index (Phi) is 5.26. The van der Waals surface area contributed by atoms with Gasteiger partial charge in [-0.2, -0.15) is 0 Å². The fourth-order valence-corrected chi connectivity index (χ4v) is 2.02. The molecular formula is C17H16N2O5. The van der Waals surface area contributed by atoms with Crippen LogP contribution in [-0.2, 0) is 9.53 Å². The lowest BCUT2D eigenvalue weighted by Crippen LogP contribution is -2.31. The molecular weight excluding hydrogens is 312 g/mol. The van der Waals surface area contributed by atoms with Gasteiger partial charge in [0.05, 0.1) is 10.5 Å². The van der Waals surface area contributed by atoms with Crippen LogP contribution in [0.1, 0.15) is 22.0 Å². The summed E-state index contributed by atoms with van der Waals surface area (Å²) in [5, 5.41) is 10.6. The molecule has 0 radical (unpaired) electrons. The van der Waals surface area contributed by atoms with E-state index in [0.717, 1.165) is 0 Å². The second-order valence-electron chi connectivity index (χ2n) is 5.23. The van der Waals surface area contributed by atoms with Crippen molar-refractivity contribution in [3.05, 3.63) is 75.8 Å². The van der Waals surface area contributed by atoms with Gasteiger partial charge in [0.2, 0.25) is 6.10 Å². The molecule has 0 spiro atoms. The summed E-state index contributed by atoms with van der Waals surface area (Å²) in [4.78, 5) is 36.0. The molecule has 7 heteroatoms. The van der Waals surface area contributed by atoms with Gasteiger partial charge in [-0.1, -0.05) is 30.3 Å². The van der Waals surface area contributed by atoms with Crippen LogP contribution in [0.25, 0.3) is 0 Å². The molecule has 7 nitrogen and oxygen atoms in total. The van der Waals surface area contributed by atoms with Crippen molar-refractivity contribution in [1.29, 1.82) is 0 Å². The second-order valence-corrected chi connectivity index (χ2v) is 5.23. The highest BCUT2D eigenvalue weighted by Gasteiger charge is 2.27. The Morgan fingerprint density at radius 1 is 1.04 bits per heavy atom. The molecule has 0 saturated heterocycles. The lowest BCUT2D eigenvalue weighted by atomic mass is 10.1. The van der Waals surface area contributed by atoms with E-state index in [1.54, 1.807) is 44.4 Å². The van der Waals surface area contributed by atoms with Crippen LogP contribution >= 0.6 is 0 Å². The number of benzene rings is 2. The Labute approximate surface area is 138 Å². The average molecular weight is 328 g/mol. The van der Waals surface area contributed by atoms with E-state index in [9.17, 15) is 19.7 Å². The molecule has 1 atom stereocenters. The monoisotopic (exact) mass is 328 g/mol. The number of hydrogen-bond acceptors (Lipinski definition) is 5. The first-order chi connectivity index (χ1) is 11.4. The molecule has 0 N–H and O–H groups in total. The van der Waals surface area contributed by atoms with Gasteiger partial charge in [0.25, 0.3) is 11.6 Å². The fraction of sp³-hybridized carbons (Fsp3) is 0.176. The average Bonchev–Trinajstić information content (AvgIpc) is 2.59. The number of carbonyl (C=O) groups excluding carboxylic acids is 2.